The van der Waals surface area contributed by atoms with Gasteiger partial charge in [0.15, 0.2) is 0 Å². The normalized spacial score (nSPS) is 15.6. The lowest BCUT2D eigenvalue weighted by Gasteiger charge is -2.18. The summed E-state index contributed by atoms with van der Waals surface area (Å²) in [4.78, 5) is 14.5. The summed E-state index contributed by atoms with van der Waals surface area (Å²) >= 11 is 0. The Morgan fingerprint density at radius 3 is 2.26 bits per heavy atom. The van der Waals surface area contributed by atoms with E-state index in [4.69, 9.17) is 0 Å². The molecule has 0 spiro atoms. The molecule has 2 aromatic rings. The van der Waals surface area contributed by atoms with Crippen molar-refractivity contribution >= 4 is 27.7 Å². The van der Waals surface area contributed by atoms with Crippen LogP contribution in [0.15, 0.2) is 54.6 Å². The Morgan fingerprint density at radius 1 is 1.03 bits per heavy atom. The van der Waals surface area contributed by atoms with Crippen molar-refractivity contribution in [1.29, 1.82) is 0 Å². The number of hydrogen-bond donors (Lipinski definition) is 1. The average Bonchev–Trinajstić information content (AvgIpc) is 3.14. The highest BCUT2D eigenvalue weighted by atomic mass is 32.2. The van der Waals surface area contributed by atoms with Crippen LogP contribution in [0.25, 0.3) is 6.08 Å². The Kier molecular flexibility index (Phi) is 7.87. The zero-order chi connectivity index (χ0) is 22.3. The van der Waals surface area contributed by atoms with Gasteiger partial charge in [0.25, 0.3) is 0 Å². The maximum atomic E-state index is 12.1. The molecule has 3 rings (SSSR count). The van der Waals surface area contributed by atoms with E-state index in [1.807, 2.05) is 24.3 Å². The maximum absolute atomic E-state index is 12.1. The van der Waals surface area contributed by atoms with Crippen LogP contribution in [-0.4, -0.2) is 44.6 Å². The second-order valence-electron chi connectivity index (χ2n) is 7.66. The molecule has 0 aliphatic carbocycles. The van der Waals surface area contributed by atoms with Gasteiger partial charge in [0, 0.05) is 25.7 Å². The molecular formula is C24H31N3O3S. The Bertz CT molecular complexity index is 995. The van der Waals surface area contributed by atoms with Gasteiger partial charge >= 0.3 is 0 Å². The predicted octanol–water partition coefficient (Wildman–Crippen LogP) is 3.40. The Hall–Kier alpha value is -2.64. The molecule has 0 saturated carbocycles. The van der Waals surface area contributed by atoms with Gasteiger partial charge in [0.2, 0.25) is 15.9 Å². The van der Waals surface area contributed by atoms with Crippen LogP contribution in [0.5, 0.6) is 0 Å². The van der Waals surface area contributed by atoms with Crippen LogP contribution in [0, 0.1) is 0 Å². The number of amides is 1. The first-order chi connectivity index (χ1) is 14.9. The molecule has 0 aromatic heterocycles. The van der Waals surface area contributed by atoms with E-state index in [0.717, 1.165) is 30.8 Å². The summed E-state index contributed by atoms with van der Waals surface area (Å²) < 4.78 is 25.4. The smallest absolute Gasteiger partial charge is 0.244 e. The number of carbonyl (C=O) groups excluding carboxylic acids is 1. The van der Waals surface area contributed by atoms with Crippen molar-refractivity contribution in [3.8, 4) is 0 Å². The Balaban J connectivity index is 1.49. The van der Waals surface area contributed by atoms with Gasteiger partial charge in [-0.1, -0.05) is 50.2 Å². The van der Waals surface area contributed by atoms with Gasteiger partial charge in [0.05, 0.1) is 11.4 Å². The Morgan fingerprint density at radius 2 is 1.68 bits per heavy atom. The summed E-state index contributed by atoms with van der Waals surface area (Å²) in [6.07, 6.45) is 3.88. The molecule has 31 heavy (non-hydrogen) atoms. The van der Waals surface area contributed by atoms with Crippen molar-refractivity contribution in [2.75, 3.05) is 29.7 Å². The molecule has 1 heterocycles. The fourth-order valence-electron chi connectivity index (χ4n) is 3.57. The molecule has 0 bridgehead atoms. The minimum Gasteiger partial charge on any atom is -0.348 e. The van der Waals surface area contributed by atoms with Gasteiger partial charge in [-0.15, -0.1) is 0 Å². The third-order valence-electron chi connectivity index (χ3n) is 5.50. The average molecular weight is 442 g/mol. The molecule has 1 aliphatic rings. The number of sulfonamides is 1. The van der Waals surface area contributed by atoms with Crippen LogP contribution in [0.1, 0.15) is 37.0 Å². The minimum atomic E-state index is -3.18. The fraction of sp³-hybridized carbons (Fsp3) is 0.375. The fourth-order valence-corrected chi connectivity index (χ4v) is 5.13. The quantitative estimate of drug-likeness (QED) is 0.606. The molecule has 1 fully saturated rings. The topological polar surface area (TPSA) is 69.7 Å². The zero-order valence-electron chi connectivity index (χ0n) is 18.3. The van der Waals surface area contributed by atoms with Crippen molar-refractivity contribution in [1.82, 2.24) is 10.2 Å². The third kappa shape index (κ3) is 6.42. The van der Waals surface area contributed by atoms with E-state index in [2.05, 4.69) is 36.2 Å². The van der Waals surface area contributed by atoms with Gasteiger partial charge < -0.3 is 5.32 Å². The lowest BCUT2D eigenvalue weighted by Crippen LogP contribution is -2.24. The molecule has 7 heteroatoms. The van der Waals surface area contributed by atoms with Gasteiger partial charge in [0.1, 0.15) is 0 Å². The van der Waals surface area contributed by atoms with Crippen LogP contribution in [-0.2, 0) is 27.9 Å². The highest BCUT2D eigenvalue weighted by molar-refractivity contribution is 7.93. The second kappa shape index (κ2) is 10.6. The van der Waals surface area contributed by atoms with E-state index in [-0.39, 0.29) is 11.7 Å². The van der Waals surface area contributed by atoms with Gasteiger partial charge in [-0.05, 0) is 54.4 Å². The highest BCUT2D eigenvalue weighted by Crippen LogP contribution is 2.24. The first-order valence-corrected chi connectivity index (χ1v) is 12.4. The lowest BCUT2D eigenvalue weighted by molar-refractivity contribution is -0.116. The van der Waals surface area contributed by atoms with Gasteiger partial charge in [-0.2, -0.15) is 0 Å². The summed E-state index contributed by atoms with van der Waals surface area (Å²) in [5.74, 6) is 0.0337. The number of hydrogen-bond acceptors (Lipinski definition) is 4. The minimum absolute atomic E-state index is 0.168. The van der Waals surface area contributed by atoms with Crippen LogP contribution in [0.4, 0.5) is 5.69 Å². The van der Waals surface area contributed by atoms with Crippen molar-refractivity contribution in [2.24, 2.45) is 0 Å². The standard InChI is InChI=1S/C24H31N3O3S/c1-3-26(4-2)19-22-8-6-21(7-9-22)18-25-24(28)15-12-20-10-13-23(14-11-20)27-16-5-17-31(27,29)30/h6-15H,3-5,16-19H2,1-2H3,(H,25,28)/b15-12+. The molecular weight excluding hydrogens is 410 g/mol. The van der Waals surface area contributed by atoms with E-state index in [1.54, 1.807) is 18.2 Å². The molecule has 6 nitrogen and oxygen atoms in total. The van der Waals surface area contributed by atoms with Crippen LogP contribution in [0.2, 0.25) is 0 Å². The van der Waals surface area contributed by atoms with Crippen LogP contribution in [0.3, 0.4) is 0 Å². The first-order valence-electron chi connectivity index (χ1n) is 10.8. The van der Waals surface area contributed by atoms with Crippen molar-refractivity contribution in [2.45, 2.75) is 33.4 Å². The largest absolute Gasteiger partial charge is 0.348 e. The van der Waals surface area contributed by atoms with Crippen molar-refractivity contribution in [3.05, 3.63) is 71.3 Å². The molecule has 0 unspecified atom stereocenters. The van der Waals surface area contributed by atoms with E-state index >= 15 is 0 Å². The molecule has 2 aromatic carbocycles. The Labute approximate surface area is 185 Å². The van der Waals surface area contributed by atoms with E-state index in [0.29, 0.717) is 25.2 Å². The molecule has 166 valence electrons. The number of anilines is 1. The SMILES string of the molecule is CCN(CC)Cc1ccc(CNC(=O)/C=C/c2ccc(N3CCCS3(=O)=O)cc2)cc1. The van der Waals surface area contributed by atoms with E-state index < -0.39 is 10.0 Å². The molecule has 1 saturated heterocycles. The summed E-state index contributed by atoms with van der Waals surface area (Å²) in [5.41, 5.74) is 3.84. The van der Waals surface area contributed by atoms with Crippen LogP contribution < -0.4 is 9.62 Å². The molecule has 1 N–H and O–H groups in total. The third-order valence-corrected chi connectivity index (χ3v) is 7.37. The van der Waals surface area contributed by atoms with E-state index in [9.17, 15) is 13.2 Å². The van der Waals surface area contributed by atoms with E-state index in [1.165, 1.54) is 15.9 Å². The number of carbonyl (C=O) groups is 1. The van der Waals surface area contributed by atoms with Gasteiger partial charge in [-0.25, -0.2) is 8.42 Å². The van der Waals surface area contributed by atoms with Gasteiger partial charge in [-0.3, -0.25) is 14.0 Å². The summed E-state index contributed by atoms with van der Waals surface area (Å²) in [6, 6.07) is 15.5. The molecule has 1 amide bonds. The summed E-state index contributed by atoms with van der Waals surface area (Å²) in [6.45, 7) is 8.31. The molecule has 0 atom stereocenters. The zero-order valence-corrected chi connectivity index (χ0v) is 19.1. The molecule has 1 aliphatic heterocycles. The summed E-state index contributed by atoms with van der Waals surface area (Å²) in [7, 11) is -3.18. The van der Waals surface area contributed by atoms with Crippen molar-refractivity contribution < 1.29 is 13.2 Å². The first kappa shape index (κ1) is 23.0. The second-order valence-corrected chi connectivity index (χ2v) is 9.68. The highest BCUT2D eigenvalue weighted by Gasteiger charge is 2.28. The van der Waals surface area contributed by atoms with Crippen molar-refractivity contribution in [3.63, 3.8) is 0 Å². The number of rotatable bonds is 9. The van der Waals surface area contributed by atoms with Crippen LogP contribution >= 0.6 is 0 Å². The molecule has 0 radical (unpaired) electrons. The monoisotopic (exact) mass is 441 g/mol. The summed E-state index contributed by atoms with van der Waals surface area (Å²) in [5, 5.41) is 2.89. The predicted molar refractivity (Wildman–Crippen MR) is 126 cm³/mol. The maximum Gasteiger partial charge on any atom is 0.244 e. The lowest BCUT2D eigenvalue weighted by atomic mass is 10.1. The number of nitrogens with one attached hydrogen (secondary N) is 1. The number of benzene rings is 2. The number of nitrogens with zero attached hydrogens (tertiary/aromatic N) is 2.